The second-order valence-corrected chi connectivity index (χ2v) is 33.6. The number of carboxylic acids is 1. The number of aliphatic hydroxyl groups excluding tert-OH is 1. The Morgan fingerprint density at radius 3 is 1.52 bits per heavy atom. The number of aliphatic carboxylic acids is 1. The quantitative estimate of drug-likeness (QED) is 0.0997. The predicted molar refractivity (Wildman–Crippen MR) is 281 cm³/mol. The molecule has 0 spiro atoms. The Morgan fingerprint density at radius 2 is 1.04 bits per heavy atom. The number of aliphatic hydroxyl groups is 1. The first-order valence-electron chi connectivity index (χ1n) is 25.7. The fourth-order valence-electron chi connectivity index (χ4n) is 11.2. The van der Waals surface area contributed by atoms with Crippen LogP contribution < -0.4 is 4.74 Å². The van der Waals surface area contributed by atoms with Gasteiger partial charge in [0, 0.05) is 40.4 Å². The number of rotatable bonds is 11. The third-order valence-electron chi connectivity index (χ3n) is 15.7. The molecule has 2 aliphatic heterocycles. The molecule has 4 aliphatic rings. The number of aromatic hydroxyl groups is 1. The van der Waals surface area contributed by atoms with Crippen LogP contribution in [0.25, 0.3) is 21.5 Å². The van der Waals surface area contributed by atoms with Crippen LogP contribution in [0.2, 0.25) is 50.4 Å². The van der Waals surface area contributed by atoms with E-state index >= 15 is 0 Å². The summed E-state index contributed by atoms with van der Waals surface area (Å²) in [4.78, 5) is 27.9. The van der Waals surface area contributed by atoms with Gasteiger partial charge < -0.3 is 24.8 Å². The summed E-state index contributed by atoms with van der Waals surface area (Å²) in [5.41, 5.74) is 6.48. The van der Waals surface area contributed by atoms with Crippen molar-refractivity contribution in [2.75, 3.05) is 32.8 Å². The zero-order valence-corrected chi connectivity index (χ0v) is 44.5. The molecule has 4 aromatic carbocycles. The summed E-state index contributed by atoms with van der Waals surface area (Å²) < 4.78 is 11.9. The molecule has 2 saturated carbocycles. The van der Waals surface area contributed by atoms with Gasteiger partial charge in [-0.05, 0) is 167 Å². The number of carboxylic acid groups (broad SMARTS) is 1. The maximum Gasteiger partial charge on any atom is 0.309 e. The monoisotopic (exact) mass is 953 g/mol. The highest BCUT2D eigenvalue weighted by atomic mass is 28.3. The van der Waals surface area contributed by atoms with Gasteiger partial charge in [-0.1, -0.05) is 101 Å². The molecule has 4 fully saturated rings. The molecule has 9 nitrogen and oxygen atoms in total. The molecule has 2 saturated heterocycles. The van der Waals surface area contributed by atoms with Gasteiger partial charge in [-0.3, -0.25) is 19.4 Å². The van der Waals surface area contributed by atoms with Gasteiger partial charge in [0.2, 0.25) is 0 Å². The van der Waals surface area contributed by atoms with E-state index in [0.717, 1.165) is 117 Å². The van der Waals surface area contributed by atoms with E-state index in [4.69, 9.17) is 9.47 Å². The first-order chi connectivity index (χ1) is 31.8. The smallest absolute Gasteiger partial charge is 0.309 e. The molecule has 2 heterocycles. The number of hydrogen-bond donors (Lipinski definition) is 3. The molecule has 0 amide bonds. The molecule has 67 heavy (non-hydrogen) atoms. The van der Waals surface area contributed by atoms with Crippen molar-refractivity contribution in [3.05, 3.63) is 82.9 Å². The number of fused-ring (bicyclic) bond motifs is 2. The highest BCUT2D eigenvalue weighted by Crippen LogP contribution is 2.41. The van der Waals surface area contributed by atoms with Crippen molar-refractivity contribution in [2.45, 2.75) is 173 Å². The number of carbonyl (C=O) groups is 2. The van der Waals surface area contributed by atoms with Gasteiger partial charge in [0.1, 0.15) is 11.5 Å². The van der Waals surface area contributed by atoms with Crippen molar-refractivity contribution in [3.63, 3.8) is 0 Å². The highest BCUT2D eigenvalue weighted by Gasteiger charge is 2.33. The largest absolute Gasteiger partial charge is 0.508 e. The van der Waals surface area contributed by atoms with Crippen LogP contribution in [-0.4, -0.2) is 98.2 Å². The molecule has 2 aliphatic carbocycles. The molecule has 11 heteroatoms. The van der Waals surface area contributed by atoms with Crippen molar-refractivity contribution < 1.29 is 34.4 Å². The third kappa shape index (κ3) is 14.4. The molecule has 0 unspecified atom stereocenters. The van der Waals surface area contributed by atoms with Gasteiger partial charge >= 0.3 is 11.9 Å². The Morgan fingerprint density at radius 1 is 0.612 bits per heavy atom. The van der Waals surface area contributed by atoms with E-state index in [1.165, 1.54) is 53.0 Å². The standard InChI is InChI=1S/C27H39NO3Si.C20H25NO3.C9H20OSi/c1-19-17-26(31-21-9-11-22(12-10-21)32(2,3)4)25(24-8-6-5-7-23(19)24)18-28-15-13-20(14-16-28)27(29)30;1-3-24-20(23)15-8-10-21(11-9-15)13-18-17-7-5-4-6-16(17)14(2)12-19(18)22;1-11(2,3)9-6-4-8(10)5-7-9/h5-8,17,20-22H,9-16,18H2,1-4H3,(H,29,30);4-7,12,15,22H,3,8-11,13H2,1-2H3;8-10H,4-7H2,1-3H3. The molecule has 0 atom stereocenters. The third-order valence-corrected chi connectivity index (χ3v) is 21.7. The SMILES string of the molecule is CCOC(=O)C1CCN(Cc2c(O)cc(C)c3ccccc23)CC1.C[Si](C)(C)C1CCC(O)CC1.Cc1cc(OC2CCC([Si](C)(C)C)CC2)c(CN2CCC(C(=O)O)CC2)c2ccccc12. The van der Waals surface area contributed by atoms with Crippen molar-refractivity contribution in [1.82, 2.24) is 9.80 Å². The molecule has 368 valence electrons. The van der Waals surface area contributed by atoms with E-state index in [9.17, 15) is 24.9 Å². The lowest BCUT2D eigenvalue weighted by atomic mass is 9.94. The Balaban J connectivity index is 0.000000185. The molecule has 0 bridgehead atoms. The molecule has 0 aromatic heterocycles. The van der Waals surface area contributed by atoms with Crippen molar-refractivity contribution in [3.8, 4) is 11.5 Å². The van der Waals surface area contributed by atoms with Crippen LogP contribution in [0.5, 0.6) is 11.5 Å². The number of phenolic OH excluding ortho intramolecular Hbond substituents is 1. The van der Waals surface area contributed by atoms with E-state index in [1.807, 2.05) is 32.0 Å². The fraction of sp³-hybridized carbons (Fsp3) is 0.607. The second kappa shape index (κ2) is 23.7. The van der Waals surface area contributed by atoms with Gasteiger partial charge in [-0.15, -0.1) is 0 Å². The van der Waals surface area contributed by atoms with Crippen LogP contribution in [0, 0.1) is 25.7 Å². The molecule has 0 radical (unpaired) electrons. The second-order valence-electron chi connectivity index (χ2n) is 22.5. The first kappa shape index (κ1) is 52.6. The van der Waals surface area contributed by atoms with Crippen molar-refractivity contribution in [1.29, 1.82) is 0 Å². The minimum Gasteiger partial charge on any atom is -0.508 e. The Kier molecular flexibility index (Phi) is 18.6. The number of ether oxygens (including phenoxy) is 2. The lowest BCUT2D eigenvalue weighted by molar-refractivity contribution is -0.149. The number of piperidine rings is 2. The van der Waals surface area contributed by atoms with Crippen LogP contribution in [-0.2, 0) is 27.4 Å². The number of benzene rings is 4. The number of esters is 1. The molecule has 4 aromatic rings. The van der Waals surface area contributed by atoms with Gasteiger partial charge in [-0.25, -0.2) is 0 Å². The van der Waals surface area contributed by atoms with Crippen molar-refractivity contribution in [2.24, 2.45) is 11.8 Å². The highest BCUT2D eigenvalue weighted by molar-refractivity contribution is 6.77. The normalized spacial score (nSPS) is 22.6. The van der Waals surface area contributed by atoms with Crippen LogP contribution in [0.1, 0.15) is 106 Å². The maximum absolute atomic E-state index is 11.8. The van der Waals surface area contributed by atoms with Crippen LogP contribution in [0.4, 0.5) is 0 Å². The van der Waals surface area contributed by atoms with Gasteiger partial charge in [0.25, 0.3) is 0 Å². The number of hydrogen-bond acceptors (Lipinski definition) is 8. The summed E-state index contributed by atoms with van der Waals surface area (Å²) in [5, 5.41) is 33.9. The van der Waals surface area contributed by atoms with E-state index in [2.05, 4.69) is 98.5 Å². The average molecular weight is 953 g/mol. The first-order valence-corrected chi connectivity index (χ1v) is 32.9. The van der Waals surface area contributed by atoms with E-state index < -0.39 is 22.1 Å². The predicted octanol–water partition coefficient (Wildman–Crippen LogP) is 12.7. The zero-order chi connectivity index (χ0) is 48.5. The van der Waals surface area contributed by atoms with Gasteiger partial charge in [0.05, 0.1) is 30.7 Å². The minimum atomic E-state index is -1.08. The number of aryl methyl sites for hydroxylation is 2. The van der Waals surface area contributed by atoms with Crippen LogP contribution >= 0.6 is 0 Å². The minimum absolute atomic E-state index is 0.0163. The zero-order valence-electron chi connectivity index (χ0n) is 42.5. The number of nitrogens with zero attached hydrogens (tertiary/aromatic N) is 2. The number of phenols is 1. The van der Waals surface area contributed by atoms with E-state index in [-0.39, 0.29) is 23.9 Å². The summed E-state index contributed by atoms with van der Waals surface area (Å²) in [5.74, 6) is 0.503. The summed E-state index contributed by atoms with van der Waals surface area (Å²) >= 11 is 0. The lowest BCUT2D eigenvalue weighted by Crippen LogP contribution is -2.36. The average Bonchev–Trinajstić information content (AvgIpc) is 3.30. The lowest BCUT2D eigenvalue weighted by Gasteiger charge is -2.36. The Labute approximate surface area is 404 Å². The van der Waals surface area contributed by atoms with Gasteiger partial charge in [0.15, 0.2) is 0 Å². The fourth-order valence-corrected chi connectivity index (χ4v) is 15.3. The Bertz CT molecular complexity index is 2240. The van der Waals surface area contributed by atoms with Gasteiger partial charge in [-0.2, -0.15) is 0 Å². The summed E-state index contributed by atoms with van der Waals surface area (Å²) in [6.45, 7) is 26.2. The number of likely N-dealkylation sites (tertiary alicyclic amines) is 2. The van der Waals surface area contributed by atoms with Crippen molar-refractivity contribution >= 4 is 49.6 Å². The number of carbonyl (C=O) groups excluding carboxylic acids is 1. The van der Waals surface area contributed by atoms with Crippen LogP contribution in [0.3, 0.4) is 0 Å². The summed E-state index contributed by atoms with van der Waals surface area (Å²) in [6, 6.07) is 20.9. The maximum atomic E-state index is 11.8. The summed E-state index contributed by atoms with van der Waals surface area (Å²) in [7, 11) is -1.98. The summed E-state index contributed by atoms with van der Waals surface area (Å²) in [6.07, 6.45) is 13.0. The Hall–Kier alpha value is -3.75. The molecule has 3 N–H and O–H groups in total. The topological polar surface area (TPSA) is 120 Å². The molecular weight excluding hydrogens is 869 g/mol. The molecule has 8 rings (SSSR count). The van der Waals surface area contributed by atoms with E-state index in [1.54, 1.807) is 0 Å². The van der Waals surface area contributed by atoms with Crippen LogP contribution in [0.15, 0.2) is 60.7 Å². The molecular formula is C56H84N2O7Si2. The van der Waals surface area contributed by atoms with E-state index in [0.29, 0.717) is 25.0 Å².